The van der Waals surface area contributed by atoms with Crippen LogP contribution < -0.4 is 0 Å². The fourth-order valence-electron chi connectivity index (χ4n) is 5.67. The lowest BCUT2D eigenvalue weighted by Crippen LogP contribution is -2.44. The van der Waals surface area contributed by atoms with Crippen LogP contribution in [-0.2, 0) is 0 Å². The van der Waals surface area contributed by atoms with Crippen LogP contribution in [0.4, 0.5) is 17.6 Å². The summed E-state index contributed by atoms with van der Waals surface area (Å²) in [6.45, 7) is 4.41. The topological polar surface area (TPSA) is 0 Å². The predicted octanol–water partition coefficient (Wildman–Crippen LogP) is 8.70. The molecule has 0 aliphatic heterocycles. The zero-order valence-corrected chi connectivity index (χ0v) is 19.8. The Kier molecular flexibility index (Phi) is 10.4. The lowest BCUT2D eigenvalue weighted by molar-refractivity contribution is -0.128. The van der Waals surface area contributed by atoms with Gasteiger partial charge in [-0.15, -0.1) is 0 Å². The van der Waals surface area contributed by atoms with Gasteiger partial charge >= 0.3 is 0 Å². The Balaban J connectivity index is 1.78. The summed E-state index contributed by atoms with van der Waals surface area (Å²) in [4.78, 5) is 0. The molecule has 7 atom stereocenters. The average molecular weight is 518 g/mol. The van der Waals surface area contributed by atoms with Gasteiger partial charge in [0.25, 0.3) is 5.92 Å². The molecule has 0 N–H and O–H groups in total. The normalized spacial score (nSPS) is 34.2. The van der Waals surface area contributed by atoms with E-state index < -0.39 is 30.1 Å². The molecule has 0 amide bonds. The SMILES string of the molecule is CCCC(I)CCCC(CCC)CCCC1CC2CCC(F)C(F)C2C1(F)F. The third-order valence-corrected chi connectivity index (χ3v) is 8.42. The van der Waals surface area contributed by atoms with E-state index in [4.69, 9.17) is 0 Å². The number of halogens is 5. The molecule has 0 bridgehead atoms. The van der Waals surface area contributed by atoms with Crippen LogP contribution in [0, 0.1) is 23.7 Å². The van der Waals surface area contributed by atoms with E-state index in [0.717, 1.165) is 23.2 Å². The molecule has 0 aromatic heterocycles. The summed E-state index contributed by atoms with van der Waals surface area (Å²) in [5, 5.41) is 0. The molecule has 28 heavy (non-hydrogen) atoms. The lowest BCUT2D eigenvalue weighted by atomic mass is 9.78. The van der Waals surface area contributed by atoms with E-state index in [0.29, 0.717) is 25.2 Å². The minimum atomic E-state index is -3.04. The van der Waals surface area contributed by atoms with Crippen molar-refractivity contribution in [1.29, 1.82) is 0 Å². The fourth-order valence-corrected chi connectivity index (χ4v) is 6.74. The van der Waals surface area contributed by atoms with Crippen molar-refractivity contribution < 1.29 is 17.6 Å². The van der Waals surface area contributed by atoms with Crippen molar-refractivity contribution in [1.82, 2.24) is 0 Å². The van der Waals surface area contributed by atoms with Crippen molar-refractivity contribution in [3.8, 4) is 0 Å². The third-order valence-electron chi connectivity index (χ3n) is 7.18. The highest BCUT2D eigenvalue weighted by Gasteiger charge is 2.62. The second-order valence-electron chi connectivity index (χ2n) is 9.33. The maximum atomic E-state index is 14.8. The molecular weight excluding hydrogens is 479 g/mol. The highest BCUT2D eigenvalue weighted by atomic mass is 127. The van der Waals surface area contributed by atoms with Gasteiger partial charge in [0.2, 0.25) is 0 Å². The standard InChI is InChI=1S/C23H39F4I/c1-3-7-16(10-6-12-19(28)8-4-2)9-5-11-18-15-17-13-14-20(24)22(25)21(17)23(18,26)27/h16-22H,3-15H2,1-2H3. The molecule has 2 rings (SSSR count). The lowest BCUT2D eigenvalue weighted by Gasteiger charge is -2.34. The first-order chi connectivity index (χ1) is 13.3. The number of rotatable bonds is 12. The number of hydrogen-bond donors (Lipinski definition) is 0. The largest absolute Gasteiger partial charge is 0.256 e. The Hall–Kier alpha value is 0.450. The molecule has 0 nitrogen and oxygen atoms in total. The van der Waals surface area contributed by atoms with Crippen LogP contribution in [0.5, 0.6) is 0 Å². The minimum Gasteiger partial charge on any atom is -0.244 e. The van der Waals surface area contributed by atoms with Gasteiger partial charge in [-0.1, -0.05) is 81.4 Å². The van der Waals surface area contributed by atoms with E-state index in [1.54, 1.807) is 0 Å². The van der Waals surface area contributed by atoms with Gasteiger partial charge in [-0.3, -0.25) is 0 Å². The van der Waals surface area contributed by atoms with E-state index in [1.165, 1.54) is 38.5 Å². The van der Waals surface area contributed by atoms with Crippen molar-refractivity contribution in [2.75, 3.05) is 0 Å². The Morgan fingerprint density at radius 3 is 2.29 bits per heavy atom. The van der Waals surface area contributed by atoms with Gasteiger partial charge in [0.15, 0.2) is 0 Å². The van der Waals surface area contributed by atoms with Crippen molar-refractivity contribution in [3.63, 3.8) is 0 Å². The summed E-state index contributed by atoms with van der Waals surface area (Å²) in [6.07, 6.45) is 7.98. The summed E-state index contributed by atoms with van der Waals surface area (Å²) in [5.41, 5.74) is 0. The second kappa shape index (κ2) is 11.7. The van der Waals surface area contributed by atoms with Gasteiger partial charge < -0.3 is 0 Å². The van der Waals surface area contributed by atoms with Crippen LogP contribution in [-0.4, -0.2) is 22.2 Å². The van der Waals surface area contributed by atoms with E-state index in [-0.39, 0.29) is 12.3 Å². The van der Waals surface area contributed by atoms with Crippen LogP contribution >= 0.6 is 22.6 Å². The summed E-state index contributed by atoms with van der Waals surface area (Å²) < 4.78 is 58.1. The minimum absolute atomic E-state index is 0.111. The first-order valence-corrected chi connectivity index (χ1v) is 12.9. The smallest absolute Gasteiger partial charge is 0.244 e. The average Bonchev–Trinajstić information content (AvgIpc) is 2.89. The van der Waals surface area contributed by atoms with Gasteiger partial charge in [-0.25, -0.2) is 17.6 Å². The molecule has 2 saturated carbocycles. The van der Waals surface area contributed by atoms with Gasteiger partial charge in [0.1, 0.15) is 12.3 Å². The molecule has 0 aromatic rings. The van der Waals surface area contributed by atoms with Crippen molar-refractivity contribution >= 4 is 22.6 Å². The molecule has 0 radical (unpaired) electrons. The highest BCUT2D eigenvalue weighted by molar-refractivity contribution is 14.1. The molecule has 0 spiro atoms. The van der Waals surface area contributed by atoms with Crippen LogP contribution in [0.3, 0.4) is 0 Å². The van der Waals surface area contributed by atoms with Crippen molar-refractivity contribution in [3.05, 3.63) is 0 Å². The van der Waals surface area contributed by atoms with E-state index in [2.05, 4.69) is 36.4 Å². The Labute approximate surface area is 183 Å². The first-order valence-electron chi connectivity index (χ1n) is 11.6. The fraction of sp³-hybridized carbons (Fsp3) is 1.00. The Bertz CT molecular complexity index is 444. The molecule has 166 valence electrons. The third kappa shape index (κ3) is 6.47. The maximum Gasteiger partial charge on any atom is 0.256 e. The van der Waals surface area contributed by atoms with Gasteiger partial charge in [0, 0.05) is 9.84 Å². The summed E-state index contributed by atoms with van der Waals surface area (Å²) in [6, 6.07) is 0. The zero-order chi connectivity index (χ0) is 20.7. The van der Waals surface area contributed by atoms with Gasteiger partial charge in [0.05, 0.1) is 5.92 Å². The molecule has 2 aliphatic rings. The molecule has 0 heterocycles. The van der Waals surface area contributed by atoms with Gasteiger partial charge in [-0.2, -0.15) is 0 Å². The van der Waals surface area contributed by atoms with E-state index in [9.17, 15) is 17.6 Å². The molecule has 2 fully saturated rings. The van der Waals surface area contributed by atoms with E-state index >= 15 is 0 Å². The summed E-state index contributed by atoms with van der Waals surface area (Å²) >= 11 is 2.55. The zero-order valence-electron chi connectivity index (χ0n) is 17.6. The summed E-state index contributed by atoms with van der Waals surface area (Å²) in [5.74, 6) is -4.88. The van der Waals surface area contributed by atoms with E-state index in [1.807, 2.05) is 0 Å². The number of alkyl halides is 5. The quantitative estimate of drug-likeness (QED) is 0.138. The molecular formula is C23H39F4I. The number of hydrogen-bond acceptors (Lipinski definition) is 0. The Morgan fingerprint density at radius 1 is 0.929 bits per heavy atom. The molecule has 0 aromatic carbocycles. The highest BCUT2D eigenvalue weighted by Crippen LogP contribution is 2.56. The first kappa shape index (κ1) is 24.7. The molecule has 0 saturated heterocycles. The Morgan fingerprint density at radius 2 is 1.61 bits per heavy atom. The summed E-state index contributed by atoms with van der Waals surface area (Å²) in [7, 11) is 0. The molecule has 2 aliphatic carbocycles. The molecule has 7 unspecified atom stereocenters. The monoisotopic (exact) mass is 518 g/mol. The second-order valence-corrected chi connectivity index (χ2v) is 11.1. The van der Waals surface area contributed by atoms with Crippen LogP contribution in [0.25, 0.3) is 0 Å². The maximum absolute atomic E-state index is 14.8. The molecule has 5 heteroatoms. The van der Waals surface area contributed by atoms with Gasteiger partial charge in [-0.05, 0) is 50.4 Å². The predicted molar refractivity (Wildman–Crippen MR) is 118 cm³/mol. The van der Waals surface area contributed by atoms with Crippen molar-refractivity contribution in [2.24, 2.45) is 23.7 Å². The van der Waals surface area contributed by atoms with Crippen LogP contribution in [0.15, 0.2) is 0 Å². The van der Waals surface area contributed by atoms with Crippen LogP contribution in [0.1, 0.15) is 97.3 Å². The number of fused-ring (bicyclic) bond motifs is 1. The van der Waals surface area contributed by atoms with Crippen molar-refractivity contribution in [2.45, 2.75) is 120 Å². The van der Waals surface area contributed by atoms with Crippen LogP contribution in [0.2, 0.25) is 0 Å².